The number of anilines is 1. The summed E-state index contributed by atoms with van der Waals surface area (Å²) in [4.78, 5) is 28.8. The maximum Gasteiger partial charge on any atom is 0.237 e. The van der Waals surface area contributed by atoms with E-state index in [0.29, 0.717) is 18.7 Å². The Hall–Kier alpha value is -2.39. The van der Waals surface area contributed by atoms with Gasteiger partial charge in [-0.1, -0.05) is 13.0 Å². The molecule has 28 heavy (non-hydrogen) atoms. The number of hydrogen-bond acceptors (Lipinski definition) is 6. The summed E-state index contributed by atoms with van der Waals surface area (Å²) in [5, 5.41) is 5.26. The van der Waals surface area contributed by atoms with Gasteiger partial charge in [0.05, 0.1) is 21.6 Å². The standard InChI is InChI=1S/C19H21N3O4S2/c1-2-16-19(24)22-15-6-5-14(10-17(15)27-16)28(25,26)9-7-18(23)21-12-13-4-3-8-20-11-13/h3-6,8,10-11,16H,2,7,9,12H2,1H3,(H,21,23)(H,22,24). The lowest BCUT2D eigenvalue weighted by atomic mass is 10.2. The Kier molecular flexibility index (Phi) is 6.35. The van der Waals surface area contributed by atoms with Crippen molar-refractivity contribution in [2.75, 3.05) is 11.1 Å². The average Bonchev–Trinajstić information content (AvgIpc) is 2.70. The van der Waals surface area contributed by atoms with Crippen LogP contribution in [-0.4, -0.2) is 36.2 Å². The number of thioether (sulfide) groups is 1. The molecule has 0 fully saturated rings. The highest BCUT2D eigenvalue weighted by atomic mass is 32.2. The molecule has 0 radical (unpaired) electrons. The molecule has 148 valence electrons. The quantitative estimate of drug-likeness (QED) is 0.714. The van der Waals surface area contributed by atoms with E-state index in [1.54, 1.807) is 30.6 Å². The number of hydrogen-bond donors (Lipinski definition) is 2. The maximum absolute atomic E-state index is 12.6. The van der Waals surface area contributed by atoms with Crippen molar-refractivity contribution in [2.24, 2.45) is 0 Å². The number of aromatic nitrogens is 1. The normalized spacial score (nSPS) is 16.2. The molecule has 3 rings (SSSR count). The molecule has 2 aromatic rings. The Bertz CT molecular complexity index is 978. The van der Waals surface area contributed by atoms with E-state index in [2.05, 4.69) is 15.6 Å². The largest absolute Gasteiger partial charge is 0.352 e. The van der Waals surface area contributed by atoms with Crippen molar-refractivity contribution in [1.82, 2.24) is 10.3 Å². The molecule has 0 bridgehead atoms. The second kappa shape index (κ2) is 8.74. The van der Waals surface area contributed by atoms with Gasteiger partial charge in [0.1, 0.15) is 0 Å². The summed E-state index contributed by atoms with van der Waals surface area (Å²) in [7, 11) is -3.61. The third-order valence-electron chi connectivity index (χ3n) is 4.31. The van der Waals surface area contributed by atoms with E-state index in [1.807, 2.05) is 13.0 Å². The first-order valence-corrected chi connectivity index (χ1v) is 11.4. The zero-order valence-electron chi connectivity index (χ0n) is 15.3. The van der Waals surface area contributed by atoms with Gasteiger partial charge in [-0.25, -0.2) is 8.42 Å². The predicted octanol–water partition coefficient (Wildman–Crippen LogP) is 2.38. The maximum atomic E-state index is 12.6. The Morgan fingerprint density at radius 3 is 2.86 bits per heavy atom. The van der Waals surface area contributed by atoms with Gasteiger partial charge < -0.3 is 10.6 Å². The molecule has 2 N–H and O–H groups in total. The van der Waals surface area contributed by atoms with Crippen LogP contribution in [0.15, 0.2) is 52.5 Å². The van der Waals surface area contributed by atoms with Gasteiger partial charge in [-0.2, -0.15) is 0 Å². The molecule has 0 spiro atoms. The molecule has 1 aliphatic rings. The molecule has 1 unspecified atom stereocenters. The van der Waals surface area contributed by atoms with E-state index in [-0.39, 0.29) is 34.1 Å². The fraction of sp³-hybridized carbons (Fsp3) is 0.316. The summed E-state index contributed by atoms with van der Waals surface area (Å²) in [6.07, 6.45) is 3.82. The Morgan fingerprint density at radius 2 is 2.14 bits per heavy atom. The number of rotatable bonds is 7. The number of fused-ring (bicyclic) bond motifs is 1. The van der Waals surface area contributed by atoms with Crippen molar-refractivity contribution in [1.29, 1.82) is 0 Å². The topological polar surface area (TPSA) is 105 Å². The van der Waals surface area contributed by atoms with Crippen molar-refractivity contribution in [3.63, 3.8) is 0 Å². The van der Waals surface area contributed by atoms with Gasteiger partial charge in [-0.05, 0) is 36.2 Å². The zero-order chi connectivity index (χ0) is 20.1. The first kappa shape index (κ1) is 20.3. The van der Waals surface area contributed by atoms with Crippen LogP contribution in [-0.2, 0) is 26.0 Å². The molecule has 1 atom stereocenters. The first-order chi connectivity index (χ1) is 13.4. The van der Waals surface area contributed by atoms with Crippen LogP contribution in [0.1, 0.15) is 25.3 Å². The number of carbonyl (C=O) groups is 2. The monoisotopic (exact) mass is 419 g/mol. The lowest BCUT2D eigenvalue weighted by Crippen LogP contribution is -2.28. The lowest BCUT2D eigenvalue weighted by Gasteiger charge is -2.23. The number of carbonyl (C=O) groups excluding carboxylic acids is 2. The van der Waals surface area contributed by atoms with E-state index >= 15 is 0 Å². The van der Waals surface area contributed by atoms with E-state index in [4.69, 9.17) is 0 Å². The Labute approximate surface area is 168 Å². The summed E-state index contributed by atoms with van der Waals surface area (Å²) in [6, 6.07) is 8.24. The molecule has 2 amide bonds. The molecule has 1 aromatic carbocycles. The van der Waals surface area contributed by atoms with E-state index < -0.39 is 9.84 Å². The molecule has 1 aliphatic heterocycles. The molecule has 0 saturated carbocycles. The van der Waals surface area contributed by atoms with Crippen molar-refractivity contribution < 1.29 is 18.0 Å². The zero-order valence-corrected chi connectivity index (χ0v) is 17.0. The fourth-order valence-electron chi connectivity index (χ4n) is 2.72. The van der Waals surface area contributed by atoms with Crippen LogP contribution in [0, 0.1) is 0 Å². The van der Waals surface area contributed by atoms with Crippen LogP contribution < -0.4 is 10.6 Å². The van der Waals surface area contributed by atoms with Crippen molar-refractivity contribution >= 4 is 39.1 Å². The highest BCUT2D eigenvalue weighted by Crippen LogP contribution is 2.38. The van der Waals surface area contributed by atoms with Crippen LogP contribution in [0.5, 0.6) is 0 Å². The number of nitrogens with one attached hydrogen (secondary N) is 2. The smallest absolute Gasteiger partial charge is 0.237 e. The minimum absolute atomic E-state index is 0.0686. The second-order valence-corrected chi connectivity index (χ2v) is 9.72. The van der Waals surface area contributed by atoms with Gasteiger partial charge in [0, 0.05) is 30.3 Å². The van der Waals surface area contributed by atoms with E-state index in [9.17, 15) is 18.0 Å². The summed E-state index contributed by atoms with van der Waals surface area (Å²) in [6.45, 7) is 2.22. The molecule has 0 aliphatic carbocycles. The molecular formula is C19H21N3O4S2. The minimum Gasteiger partial charge on any atom is -0.352 e. The first-order valence-electron chi connectivity index (χ1n) is 8.89. The van der Waals surface area contributed by atoms with Crippen molar-refractivity contribution in [3.05, 3.63) is 48.3 Å². The van der Waals surface area contributed by atoms with Gasteiger partial charge in [-0.3, -0.25) is 14.6 Å². The molecule has 9 heteroatoms. The van der Waals surface area contributed by atoms with Crippen LogP contribution >= 0.6 is 11.8 Å². The molecular weight excluding hydrogens is 398 g/mol. The highest BCUT2D eigenvalue weighted by Gasteiger charge is 2.27. The number of pyridine rings is 1. The summed E-state index contributed by atoms with van der Waals surface area (Å²) in [5.41, 5.74) is 1.46. The van der Waals surface area contributed by atoms with Crippen molar-refractivity contribution in [2.45, 2.75) is 41.4 Å². The Morgan fingerprint density at radius 1 is 1.32 bits per heavy atom. The number of nitrogens with zero attached hydrogens (tertiary/aromatic N) is 1. The molecule has 2 heterocycles. The van der Waals surface area contributed by atoms with Gasteiger partial charge in [0.25, 0.3) is 0 Å². The van der Waals surface area contributed by atoms with Gasteiger partial charge in [0.15, 0.2) is 9.84 Å². The summed E-state index contributed by atoms with van der Waals surface area (Å²) >= 11 is 1.36. The molecule has 0 saturated heterocycles. The van der Waals surface area contributed by atoms with E-state index in [1.165, 1.54) is 17.8 Å². The Balaban J connectivity index is 1.61. The number of benzene rings is 1. The number of sulfone groups is 1. The molecule has 7 nitrogen and oxygen atoms in total. The van der Waals surface area contributed by atoms with E-state index in [0.717, 1.165) is 10.5 Å². The highest BCUT2D eigenvalue weighted by molar-refractivity contribution is 8.01. The van der Waals surface area contributed by atoms with Crippen molar-refractivity contribution in [3.8, 4) is 0 Å². The molecule has 1 aromatic heterocycles. The predicted molar refractivity (Wildman–Crippen MR) is 108 cm³/mol. The van der Waals surface area contributed by atoms with Crippen LogP contribution in [0.3, 0.4) is 0 Å². The second-order valence-electron chi connectivity index (χ2n) is 6.37. The number of amides is 2. The minimum atomic E-state index is -3.61. The SMILES string of the molecule is CCC1Sc2cc(S(=O)(=O)CCC(=O)NCc3cccnc3)ccc2NC1=O. The third-order valence-corrected chi connectivity index (χ3v) is 7.45. The van der Waals surface area contributed by atoms with Crippen LogP contribution in [0.4, 0.5) is 5.69 Å². The summed E-state index contributed by atoms with van der Waals surface area (Å²) < 4.78 is 25.3. The van der Waals surface area contributed by atoms with Gasteiger partial charge in [-0.15, -0.1) is 11.8 Å². The summed E-state index contributed by atoms with van der Waals surface area (Å²) in [5.74, 6) is -0.683. The third kappa shape index (κ3) is 4.90. The lowest BCUT2D eigenvalue weighted by molar-refractivity contribution is -0.121. The van der Waals surface area contributed by atoms with Crippen LogP contribution in [0.25, 0.3) is 0 Å². The average molecular weight is 420 g/mol. The fourth-order valence-corrected chi connectivity index (χ4v) is 5.14. The van der Waals surface area contributed by atoms with Gasteiger partial charge in [0.2, 0.25) is 11.8 Å². The van der Waals surface area contributed by atoms with Crippen LogP contribution in [0.2, 0.25) is 0 Å². The van der Waals surface area contributed by atoms with Gasteiger partial charge >= 0.3 is 0 Å².